The van der Waals surface area contributed by atoms with Crippen molar-refractivity contribution in [3.63, 3.8) is 0 Å². The molecule has 2 rings (SSSR count). The van der Waals surface area contributed by atoms with Crippen molar-refractivity contribution in [3.8, 4) is 5.75 Å². The van der Waals surface area contributed by atoms with E-state index in [9.17, 15) is 13.6 Å². The van der Waals surface area contributed by atoms with Crippen LogP contribution in [0, 0.1) is 11.6 Å². The monoisotopic (exact) mass is 320 g/mol. The van der Waals surface area contributed by atoms with Crippen LogP contribution in [0.2, 0.25) is 0 Å². The second kappa shape index (κ2) is 7.56. The van der Waals surface area contributed by atoms with Gasteiger partial charge in [0.15, 0.2) is 11.6 Å². The molecule has 0 unspecified atom stereocenters. The summed E-state index contributed by atoms with van der Waals surface area (Å²) in [5.41, 5.74) is 5.55. The molecular formula is C14H19ClF2N2O2. The highest BCUT2D eigenvalue weighted by Gasteiger charge is 2.25. The van der Waals surface area contributed by atoms with Crippen LogP contribution in [0.3, 0.4) is 0 Å². The molecule has 1 fully saturated rings. The zero-order valence-corrected chi connectivity index (χ0v) is 12.5. The number of likely N-dealkylation sites (tertiary alicyclic amines) is 1. The van der Waals surface area contributed by atoms with E-state index in [0.717, 1.165) is 12.1 Å². The van der Waals surface area contributed by atoms with Gasteiger partial charge >= 0.3 is 0 Å². The van der Waals surface area contributed by atoms with Crippen LogP contribution in [0.5, 0.6) is 5.75 Å². The lowest BCUT2D eigenvalue weighted by Gasteiger charge is -2.33. The molecule has 118 valence electrons. The predicted octanol–water partition coefficient (Wildman–Crippen LogP) is 2.10. The number of amides is 1. The van der Waals surface area contributed by atoms with Crippen molar-refractivity contribution in [3.05, 3.63) is 29.8 Å². The number of piperidine rings is 1. The van der Waals surface area contributed by atoms with Gasteiger partial charge in [0.25, 0.3) is 0 Å². The normalized spacial score (nSPS) is 17.0. The van der Waals surface area contributed by atoms with Crippen LogP contribution in [0.1, 0.15) is 19.8 Å². The number of rotatable bonds is 3. The number of hydrogen-bond acceptors (Lipinski definition) is 3. The molecule has 1 saturated heterocycles. The van der Waals surface area contributed by atoms with Gasteiger partial charge in [0.05, 0.1) is 6.04 Å². The minimum Gasteiger partial charge on any atom is -0.487 e. The Balaban J connectivity index is 0.00000220. The maximum atomic E-state index is 13.5. The average Bonchev–Trinajstić information content (AvgIpc) is 2.42. The standard InChI is InChI=1S/C14H18F2N2O2.ClH/c1-9(17)14(19)18-6-4-11(5-7-18)20-13-3-2-10(15)8-12(13)16;/h2-3,8-9,11H,4-7,17H2,1H3;1H/t9-;/m1./s1. The molecule has 2 N–H and O–H groups in total. The Morgan fingerprint density at radius 1 is 1.38 bits per heavy atom. The van der Waals surface area contributed by atoms with E-state index in [4.69, 9.17) is 10.5 Å². The van der Waals surface area contributed by atoms with Gasteiger partial charge in [0.1, 0.15) is 11.9 Å². The first-order valence-corrected chi connectivity index (χ1v) is 6.63. The molecule has 4 nitrogen and oxygen atoms in total. The lowest BCUT2D eigenvalue weighted by Crippen LogP contribution is -2.47. The second-order valence-electron chi connectivity index (χ2n) is 5.01. The molecule has 1 aliphatic rings. The lowest BCUT2D eigenvalue weighted by atomic mass is 10.1. The zero-order chi connectivity index (χ0) is 14.7. The molecule has 1 amide bonds. The first kappa shape index (κ1) is 17.7. The molecule has 7 heteroatoms. The Morgan fingerprint density at radius 2 is 2.00 bits per heavy atom. The zero-order valence-electron chi connectivity index (χ0n) is 11.7. The van der Waals surface area contributed by atoms with Crippen molar-refractivity contribution in [2.75, 3.05) is 13.1 Å². The molecule has 0 aliphatic carbocycles. The van der Waals surface area contributed by atoms with E-state index in [1.54, 1.807) is 11.8 Å². The van der Waals surface area contributed by atoms with E-state index >= 15 is 0 Å². The van der Waals surface area contributed by atoms with Crippen LogP contribution < -0.4 is 10.5 Å². The first-order valence-electron chi connectivity index (χ1n) is 6.63. The van der Waals surface area contributed by atoms with Gasteiger partial charge in [-0.05, 0) is 19.1 Å². The molecule has 1 aromatic rings. The Bertz CT molecular complexity index is 492. The number of nitrogens with zero attached hydrogens (tertiary/aromatic N) is 1. The summed E-state index contributed by atoms with van der Waals surface area (Å²) in [5, 5.41) is 0. The van der Waals surface area contributed by atoms with Crippen molar-refractivity contribution < 1.29 is 18.3 Å². The second-order valence-corrected chi connectivity index (χ2v) is 5.01. The molecule has 1 aliphatic heterocycles. The van der Waals surface area contributed by atoms with Gasteiger partial charge in [-0.2, -0.15) is 0 Å². The molecular weight excluding hydrogens is 302 g/mol. The van der Waals surface area contributed by atoms with E-state index in [1.165, 1.54) is 6.07 Å². The Hall–Kier alpha value is -1.40. The third kappa shape index (κ3) is 4.54. The number of carbonyl (C=O) groups is 1. The highest BCUT2D eigenvalue weighted by atomic mass is 35.5. The van der Waals surface area contributed by atoms with Crippen molar-refractivity contribution in [1.29, 1.82) is 0 Å². The van der Waals surface area contributed by atoms with E-state index in [1.807, 2.05) is 0 Å². The summed E-state index contributed by atoms with van der Waals surface area (Å²) in [5.74, 6) is -1.38. The van der Waals surface area contributed by atoms with Gasteiger partial charge in [-0.1, -0.05) is 0 Å². The Morgan fingerprint density at radius 3 is 2.52 bits per heavy atom. The molecule has 0 saturated carbocycles. The SMILES string of the molecule is C[C@@H](N)C(=O)N1CCC(Oc2ccc(F)cc2F)CC1.Cl. The fourth-order valence-electron chi connectivity index (χ4n) is 2.23. The van der Waals surface area contributed by atoms with Crippen LogP contribution in [0.15, 0.2) is 18.2 Å². The van der Waals surface area contributed by atoms with Crippen LogP contribution in [-0.2, 0) is 4.79 Å². The number of hydrogen-bond donors (Lipinski definition) is 1. The summed E-state index contributed by atoms with van der Waals surface area (Å²) in [6, 6.07) is 2.73. The summed E-state index contributed by atoms with van der Waals surface area (Å²) in [6.45, 7) is 2.72. The fourth-order valence-corrected chi connectivity index (χ4v) is 2.23. The van der Waals surface area contributed by atoms with Gasteiger partial charge in [-0.25, -0.2) is 8.78 Å². The number of halogens is 3. The molecule has 21 heavy (non-hydrogen) atoms. The van der Waals surface area contributed by atoms with Crippen LogP contribution in [0.25, 0.3) is 0 Å². The largest absolute Gasteiger partial charge is 0.487 e. The summed E-state index contributed by atoms with van der Waals surface area (Å²) >= 11 is 0. The first-order chi connectivity index (χ1) is 9.47. The van der Waals surface area contributed by atoms with Crippen molar-refractivity contribution in [1.82, 2.24) is 4.90 Å². The van der Waals surface area contributed by atoms with Crippen LogP contribution in [-0.4, -0.2) is 36.0 Å². The number of carbonyl (C=O) groups excluding carboxylic acids is 1. The van der Waals surface area contributed by atoms with Gasteiger partial charge in [0.2, 0.25) is 5.91 Å². The molecule has 1 heterocycles. The number of nitrogens with two attached hydrogens (primary N) is 1. The quantitative estimate of drug-likeness (QED) is 0.928. The van der Waals surface area contributed by atoms with Crippen molar-refractivity contribution >= 4 is 18.3 Å². The number of benzene rings is 1. The molecule has 0 bridgehead atoms. The van der Waals surface area contributed by atoms with E-state index in [-0.39, 0.29) is 30.2 Å². The third-order valence-corrected chi connectivity index (χ3v) is 3.33. The smallest absolute Gasteiger partial charge is 0.239 e. The molecule has 1 aromatic carbocycles. The summed E-state index contributed by atoms with van der Waals surface area (Å²) in [6.07, 6.45) is 1.04. The summed E-state index contributed by atoms with van der Waals surface area (Å²) in [4.78, 5) is 13.4. The van der Waals surface area contributed by atoms with Crippen molar-refractivity contribution in [2.45, 2.75) is 31.9 Å². The van der Waals surface area contributed by atoms with Gasteiger partial charge in [-0.3, -0.25) is 4.79 Å². The Labute approximate surface area is 128 Å². The van der Waals surface area contributed by atoms with Crippen LogP contribution in [0.4, 0.5) is 8.78 Å². The van der Waals surface area contributed by atoms with Crippen LogP contribution >= 0.6 is 12.4 Å². The van der Waals surface area contributed by atoms with Crippen molar-refractivity contribution in [2.24, 2.45) is 5.73 Å². The number of ether oxygens (including phenoxy) is 1. The minimum absolute atomic E-state index is 0. The van der Waals surface area contributed by atoms with E-state index in [0.29, 0.717) is 25.9 Å². The fraction of sp³-hybridized carbons (Fsp3) is 0.500. The van der Waals surface area contributed by atoms with Gasteiger partial charge in [-0.15, -0.1) is 12.4 Å². The molecule has 0 aromatic heterocycles. The van der Waals surface area contributed by atoms with Gasteiger partial charge in [0, 0.05) is 32.0 Å². The Kier molecular flexibility index (Phi) is 6.36. The summed E-state index contributed by atoms with van der Waals surface area (Å²) in [7, 11) is 0. The minimum atomic E-state index is -0.709. The molecule has 1 atom stereocenters. The van der Waals surface area contributed by atoms with E-state index < -0.39 is 17.7 Å². The maximum absolute atomic E-state index is 13.5. The summed E-state index contributed by atoms with van der Waals surface area (Å²) < 4.78 is 31.8. The highest BCUT2D eigenvalue weighted by Crippen LogP contribution is 2.23. The van der Waals surface area contributed by atoms with E-state index in [2.05, 4.69) is 0 Å². The predicted molar refractivity (Wildman–Crippen MR) is 77.5 cm³/mol. The highest BCUT2D eigenvalue weighted by molar-refractivity contribution is 5.85. The maximum Gasteiger partial charge on any atom is 0.239 e. The average molecular weight is 321 g/mol. The molecule has 0 radical (unpaired) electrons. The lowest BCUT2D eigenvalue weighted by molar-refractivity contribution is -0.134. The topological polar surface area (TPSA) is 55.6 Å². The molecule has 0 spiro atoms. The van der Waals surface area contributed by atoms with Gasteiger partial charge < -0.3 is 15.4 Å². The third-order valence-electron chi connectivity index (χ3n) is 3.33.